The van der Waals surface area contributed by atoms with Crippen molar-refractivity contribution in [2.45, 2.75) is 6.92 Å². The summed E-state index contributed by atoms with van der Waals surface area (Å²) in [5.74, 6) is 0. The summed E-state index contributed by atoms with van der Waals surface area (Å²) in [6.45, 7) is 1.95. The van der Waals surface area contributed by atoms with Crippen molar-refractivity contribution in [1.82, 2.24) is 5.32 Å². The maximum Gasteiger partial charge on any atom is 0.0848 e. The zero-order valence-electron chi connectivity index (χ0n) is 5.76. The van der Waals surface area contributed by atoms with E-state index in [4.69, 9.17) is 15.8 Å². The molecule has 0 aromatic heterocycles. The molecule has 0 amide bonds. The standard InChI is InChI=1S/C4H5N3.C2H3N/c5-1-3-7-4-2-6;1-2-3/h7H,3-4H2;1H3. The third-order valence-electron chi connectivity index (χ3n) is 0.408. The lowest BCUT2D eigenvalue weighted by atomic mass is 10.6. The first-order chi connectivity index (χ1) is 4.83. The maximum atomic E-state index is 7.87. The van der Waals surface area contributed by atoms with E-state index in [2.05, 4.69) is 5.32 Å². The van der Waals surface area contributed by atoms with E-state index >= 15 is 0 Å². The third-order valence-corrected chi connectivity index (χ3v) is 0.408. The summed E-state index contributed by atoms with van der Waals surface area (Å²) in [4.78, 5) is 0. The minimum absolute atomic E-state index is 0.258. The smallest absolute Gasteiger partial charge is 0.0848 e. The highest BCUT2D eigenvalue weighted by molar-refractivity contribution is 4.79. The Kier molecular flexibility index (Phi) is 17.6. The van der Waals surface area contributed by atoms with Crippen LogP contribution in [0.2, 0.25) is 0 Å². The molecule has 0 aliphatic heterocycles. The minimum atomic E-state index is 0.258. The van der Waals surface area contributed by atoms with Crippen LogP contribution in [0.5, 0.6) is 0 Å². The number of nitriles is 3. The third kappa shape index (κ3) is 32.1. The molecule has 0 spiro atoms. The van der Waals surface area contributed by atoms with E-state index in [0.29, 0.717) is 0 Å². The van der Waals surface area contributed by atoms with E-state index in [-0.39, 0.29) is 13.1 Å². The molecule has 0 atom stereocenters. The van der Waals surface area contributed by atoms with Crippen LogP contribution in [0, 0.1) is 34.0 Å². The fraction of sp³-hybridized carbons (Fsp3) is 0.500. The van der Waals surface area contributed by atoms with E-state index < -0.39 is 0 Å². The van der Waals surface area contributed by atoms with Crippen LogP contribution in [0.25, 0.3) is 0 Å². The number of nitrogens with zero attached hydrogens (tertiary/aromatic N) is 3. The fourth-order valence-electron chi connectivity index (χ4n) is 0.174. The molecule has 0 aliphatic carbocycles. The molecule has 4 nitrogen and oxygen atoms in total. The Balaban J connectivity index is 0. The molecule has 0 unspecified atom stereocenters. The molecule has 0 rings (SSSR count). The highest BCUT2D eigenvalue weighted by Crippen LogP contribution is 1.50. The normalized spacial score (nSPS) is 5.40. The second-order valence-corrected chi connectivity index (χ2v) is 1.14. The van der Waals surface area contributed by atoms with Gasteiger partial charge in [-0.05, 0) is 0 Å². The van der Waals surface area contributed by atoms with Crippen molar-refractivity contribution in [1.29, 1.82) is 15.8 Å². The first kappa shape index (κ1) is 11.3. The zero-order chi connectivity index (χ0) is 8.24. The van der Waals surface area contributed by atoms with Crippen molar-refractivity contribution in [3.8, 4) is 18.2 Å². The zero-order valence-corrected chi connectivity index (χ0v) is 5.76. The molecule has 1 N–H and O–H groups in total. The Morgan fingerprint density at radius 2 is 1.40 bits per heavy atom. The van der Waals surface area contributed by atoms with Gasteiger partial charge in [-0.2, -0.15) is 15.8 Å². The maximum absolute atomic E-state index is 7.87. The molecule has 0 aliphatic rings. The fourth-order valence-corrected chi connectivity index (χ4v) is 0.174. The van der Waals surface area contributed by atoms with Crippen LogP contribution in [-0.4, -0.2) is 13.1 Å². The Morgan fingerprint density at radius 3 is 1.60 bits per heavy atom. The van der Waals surface area contributed by atoms with Crippen molar-refractivity contribution in [3.63, 3.8) is 0 Å². The van der Waals surface area contributed by atoms with Gasteiger partial charge in [-0.1, -0.05) is 0 Å². The van der Waals surface area contributed by atoms with E-state index in [1.54, 1.807) is 6.07 Å². The molecule has 0 bridgehead atoms. The molecular formula is C6H8N4. The summed E-state index contributed by atoms with van der Waals surface area (Å²) in [5, 5.41) is 25.6. The van der Waals surface area contributed by atoms with Crippen LogP contribution in [0.1, 0.15) is 6.92 Å². The molecule has 0 fully saturated rings. The Morgan fingerprint density at radius 1 is 1.10 bits per heavy atom. The van der Waals surface area contributed by atoms with Gasteiger partial charge in [0.2, 0.25) is 0 Å². The lowest BCUT2D eigenvalue weighted by molar-refractivity contribution is 0.857. The van der Waals surface area contributed by atoms with E-state index in [9.17, 15) is 0 Å². The van der Waals surface area contributed by atoms with Gasteiger partial charge in [0.15, 0.2) is 0 Å². The van der Waals surface area contributed by atoms with E-state index in [0.717, 1.165) is 0 Å². The van der Waals surface area contributed by atoms with Crippen LogP contribution in [0.3, 0.4) is 0 Å². The number of hydrogen-bond donors (Lipinski definition) is 1. The second-order valence-electron chi connectivity index (χ2n) is 1.14. The van der Waals surface area contributed by atoms with Crippen molar-refractivity contribution in [2.24, 2.45) is 0 Å². The van der Waals surface area contributed by atoms with Crippen LogP contribution in [-0.2, 0) is 0 Å². The lowest BCUT2D eigenvalue weighted by Crippen LogP contribution is -2.12. The van der Waals surface area contributed by atoms with Crippen molar-refractivity contribution < 1.29 is 0 Å². The topological polar surface area (TPSA) is 83.4 Å². The molecule has 0 saturated carbocycles. The summed E-state index contributed by atoms with van der Waals surface area (Å²) in [7, 11) is 0. The van der Waals surface area contributed by atoms with Gasteiger partial charge in [-0.3, -0.25) is 5.32 Å². The van der Waals surface area contributed by atoms with Gasteiger partial charge in [0.1, 0.15) is 0 Å². The monoisotopic (exact) mass is 136 g/mol. The van der Waals surface area contributed by atoms with Gasteiger partial charge < -0.3 is 0 Å². The quantitative estimate of drug-likeness (QED) is 0.432. The Bertz CT molecular complexity index is 152. The Hall–Kier alpha value is -1.57. The lowest BCUT2D eigenvalue weighted by Gasteiger charge is -1.82. The molecule has 0 saturated heterocycles. The molecular weight excluding hydrogens is 128 g/mol. The average molecular weight is 136 g/mol. The van der Waals surface area contributed by atoms with Gasteiger partial charge in [0, 0.05) is 6.92 Å². The molecule has 52 valence electrons. The summed E-state index contributed by atoms with van der Waals surface area (Å²) >= 11 is 0. The van der Waals surface area contributed by atoms with Crippen molar-refractivity contribution in [2.75, 3.05) is 13.1 Å². The van der Waals surface area contributed by atoms with Crippen LogP contribution < -0.4 is 5.32 Å². The van der Waals surface area contributed by atoms with Crippen molar-refractivity contribution in [3.05, 3.63) is 0 Å². The van der Waals surface area contributed by atoms with Gasteiger partial charge in [0.25, 0.3) is 0 Å². The highest BCUT2D eigenvalue weighted by Gasteiger charge is 1.74. The Labute approximate surface area is 60.3 Å². The highest BCUT2D eigenvalue weighted by atomic mass is 14.8. The van der Waals surface area contributed by atoms with Gasteiger partial charge in [0.05, 0.1) is 31.3 Å². The van der Waals surface area contributed by atoms with Crippen LogP contribution >= 0.6 is 0 Å². The summed E-state index contributed by atoms with van der Waals surface area (Å²) in [6.07, 6.45) is 0. The molecule has 0 aromatic carbocycles. The molecule has 10 heavy (non-hydrogen) atoms. The van der Waals surface area contributed by atoms with Gasteiger partial charge in [-0.25, -0.2) is 0 Å². The average Bonchev–Trinajstić information content (AvgIpc) is 1.91. The summed E-state index contributed by atoms with van der Waals surface area (Å²) in [6, 6.07) is 5.43. The van der Waals surface area contributed by atoms with Gasteiger partial charge in [-0.15, -0.1) is 0 Å². The van der Waals surface area contributed by atoms with Crippen molar-refractivity contribution >= 4 is 0 Å². The summed E-state index contributed by atoms with van der Waals surface area (Å²) in [5.41, 5.74) is 0. The summed E-state index contributed by atoms with van der Waals surface area (Å²) < 4.78 is 0. The van der Waals surface area contributed by atoms with Crippen LogP contribution in [0.15, 0.2) is 0 Å². The second kappa shape index (κ2) is 15.7. The largest absolute Gasteiger partial charge is 0.292 e. The number of hydrogen-bond acceptors (Lipinski definition) is 4. The SMILES string of the molecule is CC#N.N#CCNCC#N. The van der Waals surface area contributed by atoms with Gasteiger partial charge >= 0.3 is 0 Å². The number of nitrogens with one attached hydrogen (secondary N) is 1. The minimum Gasteiger partial charge on any atom is -0.292 e. The number of rotatable bonds is 2. The first-order valence-corrected chi connectivity index (χ1v) is 2.59. The van der Waals surface area contributed by atoms with E-state index in [1.807, 2.05) is 12.1 Å². The first-order valence-electron chi connectivity index (χ1n) is 2.59. The molecule has 4 heteroatoms. The predicted octanol–water partition coefficient (Wildman–Crippen LogP) is 0.153. The van der Waals surface area contributed by atoms with Crippen LogP contribution in [0.4, 0.5) is 0 Å². The molecule has 0 aromatic rings. The van der Waals surface area contributed by atoms with E-state index in [1.165, 1.54) is 6.92 Å². The molecule has 0 heterocycles. The molecule has 0 radical (unpaired) electrons. The predicted molar refractivity (Wildman–Crippen MR) is 35.4 cm³/mol.